The number of rotatable bonds is 5. The van der Waals surface area contributed by atoms with Gasteiger partial charge in [0.15, 0.2) is 0 Å². The van der Waals surface area contributed by atoms with Crippen LogP contribution in [0.5, 0.6) is 0 Å². The Morgan fingerprint density at radius 1 is 1.14 bits per heavy atom. The van der Waals surface area contributed by atoms with Gasteiger partial charge in [0.2, 0.25) is 0 Å². The summed E-state index contributed by atoms with van der Waals surface area (Å²) in [7, 11) is 0. The summed E-state index contributed by atoms with van der Waals surface area (Å²) in [5, 5.41) is 33.4. The Kier molecular flexibility index (Phi) is 7.03. The molecule has 116 valence electrons. The molecule has 0 aliphatic carbocycles. The number of nitrogens with zero attached hydrogens (tertiary/aromatic N) is 3. The molecule has 1 aromatic carbocycles. The molecule has 12 heteroatoms. The predicted octanol–water partition coefficient (Wildman–Crippen LogP) is 0.844. The smallest absolute Gasteiger partial charge is 0.295 e. The van der Waals surface area contributed by atoms with E-state index in [2.05, 4.69) is 4.84 Å². The number of hydrogen-bond donors (Lipinski definition) is 2. The quantitative estimate of drug-likeness (QED) is 0.587. The lowest BCUT2D eigenvalue weighted by Crippen LogP contribution is -2.28. The lowest BCUT2D eigenvalue weighted by molar-refractivity contribution is -0.771. The minimum absolute atomic E-state index is 0.0988. The molecule has 2 atom stereocenters. The molecule has 0 fully saturated rings. The molecular weight excluding hydrogens is 292 g/mol. The van der Waals surface area contributed by atoms with E-state index in [1.165, 1.54) is 24.3 Å². The van der Waals surface area contributed by atoms with Crippen LogP contribution in [-0.4, -0.2) is 26.3 Å². The maximum absolute atomic E-state index is 10.4. The van der Waals surface area contributed by atoms with E-state index in [1.807, 2.05) is 0 Å². The Labute approximate surface area is 117 Å². The zero-order valence-corrected chi connectivity index (χ0v) is 10.7. The van der Waals surface area contributed by atoms with Crippen LogP contribution in [0.4, 0.5) is 5.69 Å². The highest BCUT2D eigenvalue weighted by Crippen LogP contribution is 2.22. The number of hydrogen-bond acceptors (Lipinski definition) is 8. The molecule has 12 nitrogen and oxygen atoms in total. The molecular formula is C9H12N4O8. The minimum Gasteiger partial charge on any atom is -0.328 e. The monoisotopic (exact) mass is 304 g/mol. The Morgan fingerprint density at radius 3 is 1.86 bits per heavy atom. The highest BCUT2D eigenvalue weighted by atomic mass is 17.0. The molecule has 0 aliphatic rings. The molecule has 0 saturated carbocycles. The van der Waals surface area contributed by atoms with E-state index in [9.17, 15) is 20.2 Å². The van der Waals surface area contributed by atoms with Gasteiger partial charge in [-0.2, -0.15) is 0 Å². The summed E-state index contributed by atoms with van der Waals surface area (Å²) in [4.78, 5) is 32.9. The van der Waals surface area contributed by atoms with Crippen molar-refractivity contribution in [1.29, 1.82) is 0 Å². The average Bonchev–Trinajstić information content (AvgIpc) is 2.35. The number of benzene rings is 1. The van der Waals surface area contributed by atoms with Gasteiger partial charge in [-0.25, -0.2) is 0 Å². The van der Waals surface area contributed by atoms with E-state index in [1.54, 1.807) is 6.92 Å². The second-order valence-corrected chi connectivity index (χ2v) is 3.70. The molecule has 21 heavy (non-hydrogen) atoms. The fourth-order valence-corrected chi connectivity index (χ4v) is 1.34. The van der Waals surface area contributed by atoms with Crippen LogP contribution in [0.25, 0.3) is 0 Å². The van der Waals surface area contributed by atoms with Crippen LogP contribution in [0, 0.1) is 30.3 Å². The lowest BCUT2D eigenvalue weighted by atomic mass is 10.0. The summed E-state index contributed by atoms with van der Waals surface area (Å²) in [6.07, 6.45) is -0.939. The van der Waals surface area contributed by atoms with Crippen molar-refractivity contribution in [3.8, 4) is 0 Å². The van der Waals surface area contributed by atoms with Crippen LogP contribution in [0.1, 0.15) is 18.6 Å². The normalized spacial score (nSPS) is 12.3. The summed E-state index contributed by atoms with van der Waals surface area (Å²) in [6, 6.07) is 4.65. The molecule has 0 aromatic heterocycles. The molecule has 0 bridgehead atoms. The molecule has 2 unspecified atom stereocenters. The van der Waals surface area contributed by atoms with Crippen molar-refractivity contribution in [3.63, 3.8) is 0 Å². The van der Waals surface area contributed by atoms with Gasteiger partial charge < -0.3 is 15.8 Å². The molecule has 0 heterocycles. The lowest BCUT2D eigenvalue weighted by Gasteiger charge is -2.18. The zero-order valence-electron chi connectivity index (χ0n) is 10.7. The van der Waals surface area contributed by atoms with E-state index >= 15 is 0 Å². The van der Waals surface area contributed by atoms with E-state index in [0.717, 1.165) is 0 Å². The van der Waals surface area contributed by atoms with Gasteiger partial charge in [0.25, 0.3) is 15.9 Å². The average molecular weight is 304 g/mol. The molecule has 0 amide bonds. The van der Waals surface area contributed by atoms with Gasteiger partial charge >= 0.3 is 0 Å². The van der Waals surface area contributed by atoms with Crippen LogP contribution >= 0.6 is 0 Å². The van der Waals surface area contributed by atoms with Crippen molar-refractivity contribution in [2.45, 2.75) is 19.1 Å². The van der Waals surface area contributed by atoms with Crippen molar-refractivity contribution in [1.82, 2.24) is 0 Å². The summed E-state index contributed by atoms with van der Waals surface area (Å²) in [5.74, 6) is 0. The first-order chi connectivity index (χ1) is 9.65. The van der Waals surface area contributed by atoms with Crippen LogP contribution < -0.4 is 5.73 Å². The molecule has 3 N–H and O–H groups in total. The highest BCUT2D eigenvalue weighted by Gasteiger charge is 2.21. The molecule has 1 aromatic rings. The third-order valence-electron chi connectivity index (χ3n) is 2.11. The van der Waals surface area contributed by atoms with Gasteiger partial charge in [-0.05, 0) is 24.6 Å². The van der Waals surface area contributed by atoms with E-state index in [-0.39, 0.29) is 5.69 Å². The maximum Gasteiger partial charge on any atom is 0.295 e. The summed E-state index contributed by atoms with van der Waals surface area (Å²) < 4.78 is 0. The second-order valence-electron chi connectivity index (χ2n) is 3.70. The Hall–Kier alpha value is -3.02. The fraction of sp³-hybridized carbons (Fsp3) is 0.333. The van der Waals surface area contributed by atoms with E-state index in [0.29, 0.717) is 5.56 Å². The van der Waals surface area contributed by atoms with Crippen LogP contribution in [0.3, 0.4) is 0 Å². The minimum atomic E-state index is -1.50. The first-order valence-corrected chi connectivity index (χ1v) is 5.29. The molecule has 1 rings (SSSR count). The zero-order chi connectivity index (χ0) is 16.6. The predicted molar refractivity (Wildman–Crippen MR) is 66.3 cm³/mol. The van der Waals surface area contributed by atoms with E-state index < -0.39 is 27.2 Å². The first kappa shape index (κ1) is 18.0. The van der Waals surface area contributed by atoms with Crippen molar-refractivity contribution >= 4 is 5.69 Å². The molecule has 0 radical (unpaired) electrons. The van der Waals surface area contributed by atoms with Gasteiger partial charge in [-0.15, -0.1) is 20.2 Å². The highest BCUT2D eigenvalue weighted by molar-refractivity contribution is 5.34. The topological polar surface area (TPSA) is 185 Å². The van der Waals surface area contributed by atoms with Gasteiger partial charge in [0.1, 0.15) is 6.10 Å². The standard InChI is InChI=1S/C9H11N3O5.HNO3/c1-6(10)9(17-12(15)16)7-2-4-8(5-3-7)11(13)14;2-1(3)4/h2-6,9H,10H2,1H3;(H,2,3,4). The SMILES string of the molecule is CC(N)C(O[N+](=O)[O-])c1ccc([N+](=O)[O-])cc1.O=[N+]([O-])O. The molecule has 0 spiro atoms. The van der Waals surface area contributed by atoms with Gasteiger partial charge in [0.05, 0.1) is 4.92 Å². The number of nitro benzene ring substituents is 1. The fourth-order valence-electron chi connectivity index (χ4n) is 1.34. The third-order valence-corrected chi connectivity index (χ3v) is 2.11. The summed E-state index contributed by atoms with van der Waals surface area (Å²) >= 11 is 0. The Morgan fingerprint density at radius 2 is 1.57 bits per heavy atom. The second kappa shape index (κ2) is 8.21. The first-order valence-electron chi connectivity index (χ1n) is 5.29. The van der Waals surface area contributed by atoms with Crippen molar-refractivity contribution in [2.75, 3.05) is 0 Å². The largest absolute Gasteiger partial charge is 0.328 e. The van der Waals surface area contributed by atoms with Gasteiger partial charge in [-0.3, -0.25) is 10.1 Å². The number of nitrogens with two attached hydrogens (primary N) is 1. The van der Waals surface area contributed by atoms with Crippen molar-refractivity contribution in [3.05, 3.63) is 60.2 Å². The van der Waals surface area contributed by atoms with Crippen LogP contribution in [0.15, 0.2) is 24.3 Å². The van der Waals surface area contributed by atoms with Crippen LogP contribution in [0.2, 0.25) is 0 Å². The summed E-state index contributed by atoms with van der Waals surface area (Å²) in [6.45, 7) is 1.55. The molecule has 0 aliphatic heterocycles. The van der Waals surface area contributed by atoms with Crippen LogP contribution in [-0.2, 0) is 4.84 Å². The molecule has 0 saturated heterocycles. The Bertz CT molecular complexity index is 499. The van der Waals surface area contributed by atoms with Crippen molar-refractivity contribution < 1.29 is 25.1 Å². The number of non-ortho nitro benzene ring substituents is 1. The number of nitro groups is 1. The Balaban J connectivity index is 0.000000885. The van der Waals surface area contributed by atoms with Gasteiger partial charge in [0, 0.05) is 18.2 Å². The van der Waals surface area contributed by atoms with E-state index in [4.69, 9.17) is 21.1 Å². The summed E-state index contributed by atoms with van der Waals surface area (Å²) in [5.41, 5.74) is 5.87. The maximum atomic E-state index is 10.4. The van der Waals surface area contributed by atoms with Gasteiger partial charge in [-0.1, -0.05) is 0 Å². The third kappa shape index (κ3) is 7.22. The van der Waals surface area contributed by atoms with Crippen molar-refractivity contribution in [2.24, 2.45) is 5.73 Å².